The van der Waals surface area contributed by atoms with Gasteiger partial charge in [0.15, 0.2) is 0 Å². The van der Waals surface area contributed by atoms with E-state index in [-0.39, 0.29) is 11.6 Å². The molecule has 0 unspecified atom stereocenters. The molecule has 1 aromatic carbocycles. The van der Waals surface area contributed by atoms with Crippen molar-refractivity contribution in [3.8, 4) is 5.88 Å². The van der Waals surface area contributed by atoms with Crippen LogP contribution in [0.4, 0.5) is 0 Å². The van der Waals surface area contributed by atoms with Gasteiger partial charge < -0.3 is 4.18 Å². The van der Waals surface area contributed by atoms with E-state index in [1.165, 1.54) is 10.7 Å². The van der Waals surface area contributed by atoms with Crippen molar-refractivity contribution in [2.75, 3.05) is 0 Å². The van der Waals surface area contributed by atoms with Gasteiger partial charge in [0.25, 0.3) is 5.88 Å². The smallest absolute Gasteiger partial charge is 0.314 e. The third-order valence-corrected chi connectivity index (χ3v) is 3.20. The molecule has 0 aliphatic rings. The molecule has 90 valence electrons. The number of benzene rings is 1. The molecule has 0 bridgehead atoms. The Balaban J connectivity index is 2.10. The summed E-state index contributed by atoms with van der Waals surface area (Å²) < 4.78 is 29.8. The van der Waals surface area contributed by atoms with E-state index in [9.17, 15) is 8.42 Å². The van der Waals surface area contributed by atoms with Gasteiger partial charge in [-0.05, 0) is 5.56 Å². The van der Waals surface area contributed by atoms with Crippen LogP contribution in [0.5, 0.6) is 5.88 Å². The minimum absolute atomic E-state index is 0.0865. The van der Waals surface area contributed by atoms with Gasteiger partial charge in [-0.25, -0.2) is 0 Å². The van der Waals surface area contributed by atoms with E-state index in [0.717, 1.165) is 0 Å². The molecule has 17 heavy (non-hydrogen) atoms. The lowest BCUT2D eigenvalue weighted by molar-refractivity contribution is 0.470. The van der Waals surface area contributed by atoms with Crippen LogP contribution >= 0.6 is 0 Å². The summed E-state index contributed by atoms with van der Waals surface area (Å²) in [6.45, 7) is 0. The Hall–Kier alpha value is -1.82. The molecule has 1 aromatic heterocycles. The lowest BCUT2D eigenvalue weighted by Crippen LogP contribution is -2.12. The van der Waals surface area contributed by atoms with Crippen LogP contribution in [-0.4, -0.2) is 18.2 Å². The summed E-state index contributed by atoms with van der Waals surface area (Å²) in [5, 5.41) is 3.85. The van der Waals surface area contributed by atoms with E-state index in [1.54, 1.807) is 37.5 Å². The molecule has 0 radical (unpaired) electrons. The molecule has 0 saturated carbocycles. The van der Waals surface area contributed by atoms with Gasteiger partial charge >= 0.3 is 10.1 Å². The molecule has 0 saturated heterocycles. The molecular weight excluding hydrogens is 240 g/mol. The van der Waals surface area contributed by atoms with Gasteiger partial charge in [-0.15, -0.1) is 5.10 Å². The maximum absolute atomic E-state index is 11.7. The quantitative estimate of drug-likeness (QED) is 0.770. The van der Waals surface area contributed by atoms with Crippen molar-refractivity contribution >= 4 is 10.1 Å². The van der Waals surface area contributed by atoms with Crippen molar-refractivity contribution in [2.24, 2.45) is 7.05 Å². The zero-order chi connectivity index (χ0) is 12.3. The molecule has 0 fully saturated rings. The summed E-state index contributed by atoms with van der Waals surface area (Å²) in [5.41, 5.74) is 0.684. The van der Waals surface area contributed by atoms with Gasteiger partial charge in [0.1, 0.15) is 5.75 Å². The summed E-state index contributed by atoms with van der Waals surface area (Å²) >= 11 is 0. The Kier molecular flexibility index (Phi) is 3.14. The van der Waals surface area contributed by atoms with Gasteiger partial charge in [0.05, 0.1) is 0 Å². The second kappa shape index (κ2) is 4.58. The lowest BCUT2D eigenvalue weighted by atomic mass is 10.2. The Morgan fingerprint density at radius 1 is 1.24 bits per heavy atom. The van der Waals surface area contributed by atoms with E-state index in [2.05, 4.69) is 5.10 Å². The average molecular weight is 252 g/mol. The minimum atomic E-state index is -3.65. The molecule has 1 heterocycles. The number of hydrogen-bond donors (Lipinski definition) is 0. The molecule has 0 aliphatic carbocycles. The third kappa shape index (κ3) is 3.32. The van der Waals surface area contributed by atoms with Crippen LogP contribution in [0.2, 0.25) is 0 Å². The Morgan fingerprint density at radius 3 is 2.53 bits per heavy atom. The van der Waals surface area contributed by atoms with Gasteiger partial charge in [0.2, 0.25) is 0 Å². The second-order valence-electron chi connectivity index (χ2n) is 3.60. The molecule has 2 rings (SSSR count). The first-order valence-corrected chi connectivity index (χ1v) is 6.59. The van der Waals surface area contributed by atoms with E-state index >= 15 is 0 Å². The van der Waals surface area contributed by atoms with E-state index < -0.39 is 10.1 Å². The molecule has 6 heteroatoms. The van der Waals surface area contributed by atoms with E-state index in [4.69, 9.17) is 4.18 Å². The average Bonchev–Trinajstić information content (AvgIpc) is 2.63. The zero-order valence-corrected chi connectivity index (χ0v) is 10.1. The Labute approximate surface area is 99.8 Å². The topological polar surface area (TPSA) is 61.2 Å². The predicted molar refractivity (Wildman–Crippen MR) is 62.9 cm³/mol. The van der Waals surface area contributed by atoms with Crippen LogP contribution in [0.1, 0.15) is 5.56 Å². The Bertz CT molecular complexity index is 590. The minimum Gasteiger partial charge on any atom is -0.360 e. The maximum Gasteiger partial charge on any atom is 0.314 e. The molecule has 5 nitrogen and oxygen atoms in total. The van der Waals surface area contributed by atoms with Crippen molar-refractivity contribution in [1.29, 1.82) is 0 Å². The first-order chi connectivity index (χ1) is 8.05. The van der Waals surface area contributed by atoms with Gasteiger partial charge in [-0.1, -0.05) is 30.3 Å². The van der Waals surface area contributed by atoms with Gasteiger partial charge in [-0.2, -0.15) is 8.42 Å². The molecule has 2 aromatic rings. The van der Waals surface area contributed by atoms with Crippen LogP contribution < -0.4 is 4.18 Å². The first-order valence-electron chi connectivity index (χ1n) is 5.01. The molecule has 0 spiro atoms. The van der Waals surface area contributed by atoms with Crippen LogP contribution in [0.15, 0.2) is 42.6 Å². The lowest BCUT2D eigenvalue weighted by Gasteiger charge is -2.03. The third-order valence-electron chi connectivity index (χ3n) is 2.09. The summed E-state index contributed by atoms with van der Waals surface area (Å²) in [6, 6.07) is 10.4. The standard InChI is InChI=1S/C11H12N2O3S/c1-13-8-7-11(12-13)16-17(14,15)9-10-5-3-2-4-6-10/h2-8H,9H2,1H3. The van der Waals surface area contributed by atoms with Crippen molar-refractivity contribution in [3.63, 3.8) is 0 Å². The number of nitrogens with zero attached hydrogens (tertiary/aromatic N) is 2. The van der Waals surface area contributed by atoms with Crippen molar-refractivity contribution < 1.29 is 12.6 Å². The number of rotatable bonds is 4. The fourth-order valence-electron chi connectivity index (χ4n) is 1.38. The van der Waals surface area contributed by atoms with Crippen LogP contribution in [0, 0.1) is 0 Å². The second-order valence-corrected chi connectivity index (χ2v) is 5.17. The normalized spacial score (nSPS) is 11.4. The molecule has 0 N–H and O–H groups in total. The summed E-state index contributed by atoms with van der Waals surface area (Å²) in [4.78, 5) is 0. The number of aryl methyl sites for hydroxylation is 1. The van der Waals surface area contributed by atoms with E-state index in [0.29, 0.717) is 5.56 Å². The number of aromatic nitrogens is 2. The highest BCUT2D eigenvalue weighted by Gasteiger charge is 2.15. The van der Waals surface area contributed by atoms with Crippen molar-refractivity contribution in [1.82, 2.24) is 9.78 Å². The zero-order valence-electron chi connectivity index (χ0n) is 9.28. The van der Waals surface area contributed by atoms with Gasteiger partial charge in [-0.3, -0.25) is 4.68 Å². The number of hydrogen-bond acceptors (Lipinski definition) is 4. The summed E-state index contributed by atoms with van der Waals surface area (Å²) in [5.74, 6) is -0.0758. The fraction of sp³-hybridized carbons (Fsp3) is 0.182. The SMILES string of the molecule is Cn1ccc(OS(=O)(=O)Cc2ccccc2)n1. The first kappa shape index (κ1) is 11.7. The highest BCUT2D eigenvalue weighted by atomic mass is 32.2. The van der Waals surface area contributed by atoms with Crippen LogP contribution in [0.25, 0.3) is 0 Å². The van der Waals surface area contributed by atoms with Gasteiger partial charge in [0, 0.05) is 19.3 Å². The highest BCUT2D eigenvalue weighted by Crippen LogP contribution is 2.12. The Morgan fingerprint density at radius 2 is 1.94 bits per heavy atom. The predicted octanol–water partition coefficient (Wildman–Crippen LogP) is 1.33. The largest absolute Gasteiger partial charge is 0.360 e. The van der Waals surface area contributed by atoms with Crippen LogP contribution in [-0.2, 0) is 22.9 Å². The van der Waals surface area contributed by atoms with Crippen molar-refractivity contribution in [3.05, 3.63) is 48.2 Å². The molecule has 0 amide bonds. The van der Waals surface area contributed by atoms with E-state index in [1.807, 2.05) is 6.07 Å². The summed E-state index contributed by atoms with van der Waals surface area (Å²) in [6.07, 6.45) is 1.62. The molecular formula is C11H12N2O3S. The summed E-state index contributed by atoms with van der Waals surface area (Å²) in [7, 11) is -1.96. The fourth-order valence-corrected chi connectivity index (χ4v) is 2.38. The highest BCUT2D eigenvalue weighted by molar-refractivity contribution is 7.86. The molecule has 0 atom stereocenters. The monoisotopic (exact) mass is 252 g/mol. The maximum atomic E-state index is 11.7. The molecule has 0 aliphatic heterocycles. The van der Waals surface area contributed by atoms with Crippen LogP contribution in [0.3, 0.4) is 0 Å². The van der Waals surface area contributed by atoms with Crippen molar-refractivity contribution in [2.45, 2.75) is 5.75 Å².